The van der Waals surface area contributed by atoms with E-state index in [1.165, 1.54) is 13.2 Å². The Kier molecular flexibility index (Phi) is 5.36. The molecule has 2 aliphatic rings. The van der Waals surface area contributed by atoms with Gasteiger partial charge >= 0.3 is 0 Å². The molecule has 0 spiro atoms. The van der Waals surface area contributed by atoms with Gasteiger partial charge in [-0.05, 0) is 43.2 Å². The number of amides is 1. The first-order valence-corrected chi connectivity index (χ1v) is 11.2. The lowest BCUT2D eigenvalue weighted by atomic mass is 10.1. The van der Waals surface area contributed by atoms with Crippen molar-refractivity contribution < 1.29 is 27.4 Å². The number of rotatable bonds is 5. The van der Waals surface area contributed by atoms with E-state index >= 15 is 0 Å². The van der Waals surface area contributed by atoms with Crippen LogP contribution in [0.3, 0.4) is 0 Å². The molecule has 0 bridgehead atoms. The normalized spacial score (nSPS) is 16.4. The molecule has 2 aromatic carbocycles. The fraction of sp³-hybridized carbons (Fsp3) is 0.381. The number of sulfone groups is 1. The Morgan fingerprint density at radius 2 is 1.86 bits per heavy atom. The molecule has 1 amide bonds. The number of carbonyl (C=O) groups excluding carboxylic acids is 1. The molecule has 1 saturated carbocycles. The predicted octanol–water partition coefficient (Wildman–Crippen LogP) is 3.44. The number of carbonyl (C=O) groups is 1. The Hall–Kier alpha value is -2.74. The number of anilines is 1. The summed E-state index contributed by atoms with van der Waals surface area (Å²) in [4.78, 5) is 13.0. The van der Waals surface area contributed by atoms with E-state index in [0.717, 1.165) is 12.8 Å². The smallest absolute Gasteiger partial charge is 0.255 e. The van der Waals surface area contributed by atoms with Gasteiger partial charge in [0.05, 0.1) is 17.3 Å². The third kappa shape index (κ3) is 3.89. The van der Waals surface area contributed by atoms with Gasteiger partial charge in [-0.15, -0.1) is 0 Å². The lowest BCUT2D eigenvalue weighted by molar-refractivity contribution is 0.102. The number of benzene rings is 2. The molecule has 0 saturated heterocycles. The Balaban J connectivity index is 1.58. The summed E-state index contributed by atoms with van der Waals surface area (Å²) in [6.45, 7) is 0.805. The number of fused-ring (bicyclic) bond motifs is 1. The third-order valence-electron chi connectivity index (χ3n) is 5.25. The minimum absolute atomic E-state index is 0.238. The van der Waals surface area contributed by atoms with Gasteiger partial charge in [0.2, 0.25) is 5.75 Å². The molecular formula is C21H23NO6S. The average Bonchev–Trinajstić information content (AvgIpc) is 3.29. The fourth-order valence-corrected chi connectivity index (χ4v) is 5.65. The average molecular weight is 417 g/mol. The van der Waals surface area contributed by atoms with E-state index in [1.54, 1.807) is 30.3 Å². The van der Waals surface area contributed by atoms with Crippen LogP contribution in [0, 0.1) is 0 Å². The molecule has 4 rings (SSSR count). The lowest BCUT2D eigenvalue weighted by Crippen LogP contribution is -2.19. The van der Waals surface area contributed by atoms with Crippen molar-refractivity contribution in [3.63, 3.8) is 0 Å². The fourth-order valence-electron chi connectivity index (χ4n) is 3.75. The number of hydrogen-bond acceptors (Lipinski definition) is 6. The molecular weight excluding hydrogens is 394 g/mol. The monoisotopic (exact) mass is 417 g/mol. The maximum Gasteiger partial charge on any atom is 0.255 e. The van der Waals surface area contributed by atoms with Gasteiger partial charge in [-0.1, -0.05) is 18.9 Å². The Labute approximate surface area is 169 Å². The van der Waals surface area contributed by atoms with E-state index in [9.17, 15) is 13.2 Å². The maximum absolute atomic E-state index is 12.8. The zero-order chi connectivity index (χ0) is 20.4. The molecule has 29 heavy (non-hydrogen) atoms. The first-order chi connectivity index (χ1) is 14.0. The van der Waals surface area contributed by atoms with Gasteiger partial charge in [-0.2, -0.15) is 0 Å². The molecule has 2 aromatic rings. The minimum atomic E-state index is -3.39. The van der Waals surface area contributed by atoms with E-state index in [1.807, 2.05) is 0 Å². The van der Waals surface area contributed by atoms with Crippen LogP contribution in [-0.4, -0.2) is 39.9 Å². The number of nitrogens with one attached hydrogen (secondary N) is 1. The second kappa shape index (κ2) is 7.94. The van der Waals surface area contributed by atoms with Gasteiger partial charge in [0.1, 0.15) is 13.2 Å². The Morgan fingerprint density at radius 1 is 1.10 bits per heavy atom. The standard InChI is InChI=1S/C21H23NO6S/c1-26-18-11-14(12-19-20(18)28-10-9-27-19)21(23)22-15-5-4-8-17(13-15)29(24,25)16-6-2-3-7-16/h4-5,8,11-13,16H,2-3,6-7,9-10H2,1H3,(H,22,23). The summed E-state index contributed by atoms with van der Waals surface area (Å²) in [6.07, 6.45) is 3.25. The van der Waals surface area contributed by atoms with Crippen LogP contribution in [0.4, 0.5) is 5.69 Å². The van der Waals surface area contributed by atoms with Crippen molar-refractivity contribution in [2.24, 2.45) is 0 Å². The highest BCUT2D eigenvalue weighted by Gasteiger charge is 2.30. The zero-order valence-electron chi connectivity index (χ0n) is 16.1. The van der Waals surface area contributed by atoms with Crippen molar-refractivity contribution in [3.05, 3.63) is 42.0 Å². The summed E-state index contributed by atoms with van der Waals surface area (Å²) >= 11 is 0. The number of ether oxygens (including phenoxy) is 3. The van der Waals surface area contributed by atoms with Crippen LogP contribution < -0.4 is 19.5 Å². The molecule has 7 nitrogen and oxygen atoms in total. The molecule has 0 radical (unpaired) electrons. The molecule has 1 aliphatic carbocycles. The van der Waals surface area contributed by atoms with Gasteiger partial charge in [-0.25, -0.2) is 8.42 Å². The summed E-state index contributed by atoms with van der Waals surface area (Å²) in [5, 5.41) is 2.43. The summed E-state index contributed by atoms with van der Waals surface area (Å²) in [7, 11) is -1.90. The second-order valence-electron chi connectivity index (χ2n) is 7.14. The van der Waals surface area contributed by atoms with Crippen molar-refractivity contribution >= 4 is 21.4 Å². The van der Waals surface area contributed by atoms with E-state index in [4.69, 9.17) is 14.2 Å². The predicted molar refractivity (Wildman–Crippen MR) is 108 cm³/mol. The SMILES string of the molecule is COc1cc(C(=O)Nc2cccc(S(=O)(=O)C3CCCC3)c2)cc2c1OCCO2. The van der Waals surface area contributed by atoms with Crippen molar-refractivity contribution in [2.45, 2.75) is 35.8 Å². The van der Waals surface area contributed by atoms with Gasteiger partial charge in [0, 0.05) is 11.3 Å². The van der Waals surface area contributed by atoms with Crippen LogP contribution in [-0.2, 0) is 9.84 Å². The molecule has 154 valence electrons. The van der Waals surface area contributed by atoms with Crippen LogP contribution in [0.1, 0.15) is 36.0 Å². The zero-order valence-corrected chi connectivity index (χ0v) is 17.0. The molecule has 1 fully saturated rings. The number of methoxy groups -OCH3 is 1. The Morgan fingerprint density at radius 3 is 2.62 bits per heavy atom. The van der Waals surface area contributed by atoms with E-state index in [2.05, 4.69) is 5.32 Å². The highest BCUT2D eigenvalue weighted by atomic mass is 32.2. The topological polar surface area (TPSA) is 90.9 Å². The van der Waals surface area contributed by atoms with E-state index < -0.39 is 15.7 Å². The highest BCUT2D eigenvalue weighted by Crippen LogP contribution is 2.40. The van der Waals surface area contributed by atoms with Crippen LogP contribution in [0.15, 0.2) is 41.3 Å². The van der Waals surface area contributed by atoms with E-state index in [-0.39, 0.29) is 10.1 Å². The third-order valence-corrected chi connectivity index (χ3v) is 7.51. The lowest BCUT2D eigenvalue weighted by Gasteiger charge is -2.21. The van der Waals surface area contributed by atoms with Crippen LogP contribution in [0.5, 0.6) is 17.2 Å². The van der Waals surface area contributed by atoms with Crippen LogP contribution >= 0.6 is 0 Å². The summed E-state index contributed by atoms with van der Waals surface area (Å²) in [5.74, 6) is 0.930. The maximum atomic E-state index is 12.8. The van der Waals surface area contributed by atoms with Gasteiger partial charge in [0.15, 0.2) is 21.3 Å². The summed E-state index contributed by atoms with van der Waals surface area (Å²) in [5.41, 5.74) is 0.748. The van der Waals surface area contributed by atoms with E-state index in [0.29, 0.717) is 54.6 Å². The molecule has 1 aliphatic heterocycles. The summed E-state index contributed by atoms with van der Waals surface area (Å²) < 4.78 is 42.1. The minimum Gasteiger partial charge on any atom is -0.493 e. The van der Waals surface area contributed by atoms with Gasteiger partial charge in [-0.3, -0.25) is 4.79 Å². The van der Waals surface area contributed by atoms with Gasteiger partial charge < -0.3 is 19.5 Å². The molecule has 0 aromatic heterocycles. The highest BCUT2D eigenvalue weighted by molar-refractivity contribution is 7.92. The van der Waals surface area contributed by atoms with Crippen molar-refractivity contribution in [3.8, 4) is 17.2 Å². The second-order valence-corrected chi connectivity index (χ2v) is 9.36. The molecule has 1 N–H and O–H groups in total. The first kappa shape index (κ1) is 19.6. The number of hydrogen-bond donors (Lipinski definition) is 1. The molecule has 0 atom stereocenters. The quantitative estimate of drug-likeness (QED) is 0.801. The van der Waals surface area contributed by atoms with Crippen molar-refractivity contribution in [2.75, 3.05) is 25.6 Å². The van der Waals surface area contributed by atoms with Crippen LogP contribution in [0.2, 0.25) is 0 Å². The first-order valence-electron chi connectivity index (χ1n) is 9.62. The van der Waals surface area contributed by atoms with Crippen molar-refractivity contribution in [1.29, 1.82) is 0 Å². The molecule has 1 heterocycles. The van der Waals surface area contributed by atoms with Gasteiger partial charge in [0.25, 0.3) is 5.91 Å². The largest absolute Gasteiger partial charge is 0.493 e. The molecule has 8 heteroatoms. The molecule has 0 unspecified atom stereocenters. The Bertz CT molecular complexity index is 1010. The van der Waals surface area contributed by atoms with Crippen molar-refractivity contribution in [1.82, 2.24) is 0 Å². The summed E-state index contributed by atoms with van der Waals surface area (Å²) in [6, 6.07) is 9.56. The van der Waals surface area contributed by atoms with Crippen LogP contribution in [0.25, 0.3) is 0 Å².